The quantitative estimate of drug-likeness (QED) is 0.350. The van der Waals surface area contributed by atoms with Crippen LogP contribution < -0.4 is 15.7 Å². The number of carbonyl (C=O) groups excluding carboxylic acids is 1. The second kappa shape index (κ2) is 10.5. The average Bonchev–Trinajstić information content (AvgIpc) is 2.87. The lowest BCUT2D eigenvalue weighted by Crippen LogP contribution is -2.41. The molecule has 1 aromatic heterocycles. The largest absolute Gasteiger partial charge is 0.480 e. The Labute approximate surface area is 208 Å². The molecule has 0 aliphatic heterocycles. The van der Waals surface area contributed by atoms with Gasteiger partial charge in [-0.1, -0.05) is 60.7 Å². The number of aliphatic carboxylic acids is 1. The molecule has 7 heteroatoms. The molecule has 1 amide bonds. The molecule has 0 spiro atoms. The molecule has 1 heterocycles. The van der Waals surface area contributed by atoms with Crippen LogP contribution in [-0.2, 0) is 16.0 Å². The standard InChI is InChI=1S/C29H27NO6/c1-17-22-14-15-24(18(2)26(22)36-29(34)23(17)16-20-10-6-4-7-11-20)35-19(3)27(31)30-25(28(32)33)21-12-8-5-9-13-21/h4-15,19,25H,16H2,1-3H3,(H,30,31)(H,32,33)/t19?,25-/m0/s1. The van der Waals surface area contributed by atoms with Crippen molar-refractivity contribution < 1.29 is 23.8 Å². The summed E-state index contributed by atoms with van der Waals surface area (Å²) in [5.41, 5.74) is 3.45. The van der Waals surface area contributed by atoms with Gasteiger partial charge in [-0.15, -0.1) is 0 Å². The van der Waals surface area contributed by atoms with Crippen LogP contribution >= 0.6 is 0 Å². The second-order valence-electron chi connectivity index (χ2n) is 8.67. The average molecular weight is 486 g/mol. The van der Waals surface area contributed by atoms with E-state index in [1.54, 1.807) is 49.4 Å². The van der Waals surface area contributed by atoms with Crippen LogP contribution in [-0.4, -0.2) is 23.1 Å². The SMILES string of the molecule is Cc1c(Cc2ccccc2)c(=O)oc2c(C)c(OC(C)C(=O)N[C@H](C(=O)O)c3ccccc3)ccc12. The van der Waals surface area contributed by atoms with Gasteiger partial charge in [-0.25, -0.2) is 9.59 Å². The van der Waals surface area contributed by atoms with E-state index in [1.165, 1.54) is 6.92 Å². The van der Waals surface area contributed by atoms with Crippen LogP contribution in [0, 0.1) is 13.8 Å². The van der Waals surface area contributed by atoms with Crippen LogP contribution in [0.1, 0.15) is 40.8 Å². The molecule has 2 atom stereocenters. The number of carboxylic acids is 1. The predicted molar refractivity (Wildman–Crippen MR) is 136 cm³/mol. The number of amides is 1. The Kier molecular flexibility index (Phi) is 7.20. The summed E-state index contributed by atoms with van der Waals surface area (Å²) >= 11 is 0. The number of ether oxygens (including phenoxy) is 1. The number of hydrogen-bond acceptors (Lipinski definition) is 5. The summed E-state index contributed by atoms with van der Waals surface area (Å²) in [6.07, 6.45) is -0.525. The molecule has 184 valence electrons. The van der Waals surface area contributed by atoms with Crippen molar-refractivity contribution in [1.29, 1.82) is 0 Å². The molecule has 4 rings (SSSR count). The summed E-state index contributed by atoms with van der Waals surface area (Å²) < 4.78 is 11.6. The molecule has 0 saturated heterocycles. The van der Waals surface area contributed by atoms with Gasteiger partial charge in [0.15, 0.2) is 12.1 Å². The Balaban J connectivity index is 1.57. The zero-order valence-corrected chi connectivity index (χ0v) is 20.3. The van der Waals surface area contributed by atoms with E-state index in [-0.39, 0.29) is 0 Å². The van der Waals surface area contributed by atoms with Gasteiger partial charge in [-0.3, -0.25) is 4.79 Å². The Morgan fingerprint density at radius 2 is 1.58 bits per heavy atom. The van der Waals surface area contributed by atoms with Crippen LogP contribution in [0.3, 0.4) is 0 Å². The number of rotatable bonds is 8. The number of fused-ring (bicyclic) bond motifs is 1. The Hall–Kier alpha value is -4.39. The van der Waals surface area contributed by atoms with E-state index in [9.17, 15) is 19.5 Å². The smallest absolute Gasteiger partial charge is 0.340 e. The second-order valence-corrected chi connectivity index (χ2v) is 8.67. The number of nitrogens with one attached hydrogen (secondary N) is 1. The van der Waals surface area contributed by atoms with Crippen LogP contribution in [0.4, 0.5) is 0 Å². The van der Waals surface area contributed by atoms with Crippen molar-refractivity contribution in [2.24, 2.45) is 0 Å². The van der Waals surface area contributed by atoms with Crippen LogP contribution in [0.15, 0.2) is 82.0 Å². The van der Waals surface area contributed by atoms with E-state index in [4.69, 9.17) is 9.15 Å². The summed E-state index contributed by atoms with van der Waals surface area (Å²) in [4.78, 5) is 37.3. The Bertz CT molecular complexity index is 1460. The summed E-state index contributed by atoms with van der Waals surface area (Å²) in [6, 6.07) is 20.5. The molecular weight excluding hydrogens is 458 g/mol. The maximum Gasteiger partial charge on any atom is 0.340 e. The molecule has 1 unspecified atom stereocenters. The molecule has 4 aromatic rings. The fourth-order valence-electron chi connectivity index (χ4n) is 4.14. The number of carboxylic acid groups (broad SMARTS) is 1. The van der Waals surface area contributed by atoms with Crippen LogP contribution in [0.5, 0.6) is 5.75 Å². The number of aryl methyl sites for hydroxylation is 2. The van der Waals surface area contributed by atoms with Gasteiger partial charge in [0.1, 0.15) is 11.3 Å². The highest BCUT2D eigenvalue weighted by molar-refractivity contribution is 5.88. The van der Waals surface area contributed by atoms with Crippen molar-refractivity contribution in [3.8, 4) is 5.75 Å². The lowest BCUT2D eigenvalue weighted by atomic mass is 9.98. The molecule has 36 heavy (non-hydrogen) atoms. The minimum Gasteiger partial charge on any atom is -0.480 e. The Morgan fingerprint density at radius 1 is 0.944 bits per heavy atom. The maximum absolute atomic E-state index is 12.8. The highest BCUT2D eigenvalue weighted by Crippen LogP contribution is 2.30. The first-order chi connectivity index (χ1) is 17.3. The van der Waals surface area contributed by atoms with Crippen molar-refractivity contribution in [2.45, 2.75) is 39.3 Å². The monoisotopic (exact) mass is 485 g/mol. The van der Waals surface area contributed by atoms with E-state index in [2.05, 4.69) is 5.32 Å². The maximum atomic E-state index is 12.8. The predicted octanol–water partition coefficient (Wildman–Crippen LogP) is 4.71. The van der Waals surface area contributed by atoms with Gasteiger partial charge >= 0.3 is 11.6 Å². The van der Waals surface area contributed by atoms with Gasteiger partial charge in [-0.05, 0) is 49.6 Å². The molecule has 3 aromatic carbocycles. The third-order valence-electron chi connectivity index (χ3n) is 6.22. The summed E-state index contributed by atoms with van der Waals surface area (Å²) in [5, 5.41) is 12.9. The minimum absolute atomic E-state index is 0.370. The van der Waals surface area contributed by atoms with Gasteiger partial charge in [0, 0.05) is 22.9 Å². The van der Waals surface area contributed by atoms with Gasteiger partial charge in [0.25, 0.3) is 5.91 Å². The van der Waals surface area contributed by atoms with Crippen molar-refractivity contribution in [3.63, 3.8) is 0 Å². The van der Waals surface area contributed by atoms with E-state index in [0.717, 1.165) is 16.5 Å². The summed E-state index contributed by atoms with van der Waals surface area (Å²) in [7, 11) is 0. The highest BCUT2D eigenvalue weighted by atomic mass is 16.5. The molecule has 7 nitrogen and oxygen atoms in total. The molecule has 0 saturated carbocycles. The fraction of sp³-hybridized carbons (Fsp3) is 0.207. The van der Waals surface area contributed by atoms with E-state index in [1.807, 2.05) is 37.3 Å². The van der Waals surface area contributed by atoms with Crippen LogP contribution in [0.2, 0.25) is 0 Å². The summed E-state index contributed by atoms with van der Waals surface area (Å²) in [5.74, 6) is -1.39. The van der Waals surface area contributed by atoms with Crippen molar-refractivity contribution in [1.82, 2.24) is 5.32 Å². The van der Waals surface area contributed by atoms with Gasteiger partial charge in [-0.2, -0.15) is 0 Å². The van der Waals surface area contributed by atoms with Gasteiger partial charge < -0.3 is 19.6 Å². The first kappa shape index (κ1) is 24.7. The molecule has 0 radical (unpaired) electrons. The topological polar surface area (TPSA) is 106 Å². The zero-order chi connectivity index (χ0) is 25.8. The number of carbonyl (C=O) groups is 2. The third-order valence-corrected chi connectivity index (χ3v) is 6.22. The molecule has 0 fully saturated rings. The highest BCUT2D eigenvalue weighted by Gasteiger charge is 2.26. The lowest BCUT2D eigenvalue weighted by molar-refractivity contribution is -0.143. The first-order valence-corrected chi connectivity index (χ1v) is 11.6. The third kappa shape index (κ3) is 5.15. The van der Waals surface area contributed by atoms with Crippen LogP contribution in [0.25, 0.3) is 11.0 Å². The Morgan fingerprint density at radius 3 is 2.22 bits per heavy atom. The molecular formula is C29H27NO6. The fourth-order valence-corrected chi connectivity index (χ4v) is 4.14. The van der Waals surface area contributed by atoms with E-state index < -0.39 is 29.6 Å². The number of hydrogen-bond donors (Lipinski definition) is 2. The lowest BCUT2D eigenvalue weighted by Gasteiger charge is -2.20. The van der Waals surface area contributed by atoms with Gasteiger partial charge in [0.2, 0.25) is 0 Å². The number of benzene rings is 3. The van der Waals surface area contributed by atoms with E-state index in [0.29, 0.717) is 34.4 Å². The first-order valence-electron chi connectivity index (χ1n) is 11.6. The zero-order valence-electron chi connectivity index (χ0n) is 20.3. The van der Waals surface area contributed by atoms with E-state index >= 15 is 0 Å². The molecule has 0 aliphatic rings. The molecule has 0 aliphatic carbocycles. The van der Waals surface area contributed by atoms with Crippen molar-refractivity contribution >= 4 is 22.8 Å². The normalized spacial score (nSPS) is 12.6. The summed E-state index contributed by atoms with van der Waals surface area (Å²) in [6.45, 7) is 5.18. The van der Waals surface area contributed by atoms with Gasteiger partial charge in [0.05, 0.1) is 0 Å². The molecule has 2 N–H and O–H groups in total. The van der Waals surface area contributed by atoms with Crippen molar-refractivity contribution in [3.05, 3.63) is 111 Å². The molecule has 0 bridgehead atoms. The minimum atomic E-state index is -1.20. The van der Waals surface area contributed by atoms with Crippen molar-refractivity contribution in [2.75, 3.05) is 0 Å².